The highest BCUT2D eigenvalue weighted by Crippen LogP contribution is 2.23. The van der Waals surface area contributed by atoms with Crippen LogP contribution in [0.15, 0.2) is 36.5 Å². The van der Waals surface area contributed by atoms with Crippen molar-refractivity contribution >= 4 is 28.9 Å². The Morgan fingerprint density at radius 2 is 1.84 bits per heavy atom. The van der Waals surface area contributed by atoms with Crippen LogP contribution >= 0.6 is 23.2 Å². The molecule has 2 aromatic rings. The molecule has 0 amide bonds. The number of pyridine rings is 1. The van der Waals surface area contributed by atoms with Crippen LogP contribution in [0.1, 0.15) is 18.1 Å². The quantitative estimate of drug-likeness (QED) is 0.758. The molecule has 0 spiro atoms. The summed E-state index contributed by atoms with van der Waals surface area (Å²) < 4.78 is 0. The van der Waals surface area contributed by atoms with Crippen molar-refractivity contribution in [3.05, 3.63) is 57.8 Å². The fourth-order valence-corrected chi connectivity index (χ4v) is 2.32. The molecular weight excluding hydrogens is 279 g/mol. The van der Waals surface area contributed by atoms with Gasteiger partial charge in [-0.2, -0.15) is 0 Å². The smallest absolute Gasteiger partial charge is 0.130 e. The lowest BCUT2D eigenvalue weighted by Crippen LogP contribution is -2.22. The van der Waals surface area contributed by atoms with Gasteiger partial charge in [-0.1, -0.05) is 40.9 Å². The topological polar surface area (TPSA) is 16.1 Å². The van der Waals surface area contributed by atoms with Crippen molar-refractivity contribution in [2.24, 2.45) is 0 Å². The van der Waals surface area contributed by atoms with Crippen LogP contribution in [-0.2, 0) is 6.54 Å². The average molecular weight is 295 g/mol. The van der Waals surface area contributed by atoms with Gasteiger partial charge >= 0.3 is 0 Å². The van der Waals surface area contributed by atoms with Gasteiger partial charge in [0, 0.05) is 30.5 Å². The maximum atomic E-state index is 6.19. The number of anilines is 1. The van der Waals surface area contributed by atoms with Crippen molar-refractivity contribution < 1.29 is 0 Å². The van der Waals surface area contributed by atoms with E-state index >= 15 is 0 Å². The molecule has 0 atom stereocenters. The van der Waals surface area contributed by atoms with E-state index in [4.69, 9.17) is 23.2 Å². The molecule has 1 heterocycles. The van der Waals surface area contributed by atoms with Crippen LogP contribution in [0, 0.1) is 6.92 Å². The van der Waals surface area contributed by atoms with Crippen molar-refractivity contribution in [1.82, 2.24) is 4.98 Å². The molecule has 2 rings (SSSR count). The number of halogens is 2. The molecule has 0 N–H and O–H groups in total. The van der Waals surface area contributed by atoms with Gasteiger partial charge in [0.2, 0.25) is 0 Å². The molecule has 100 valence electrons. The van der Waals surface area contributed by atoms with Gasteiger partial charge < -0.3 is 4.90 Å². The fourth-order valence-electron chi connectivity index (χ4n) is 1.90. The van der Waals surface area contributed by atoms with E-state index in [9.17, 15) is 0 Å². The second kappa shape index (κ2) is 6.27. The maximum absolute atomic E-state index is 6.19. The molecule has 0 aliphatic heterocycles. The third kappa shape index (κ3) is 3.62. The molecule has 4 heteroatoms. The molecule has 0 saturated heterocycles. The number of aromatic nitrogens is 1. The van der Waals surface area contributed by atoms with Crippen LogP contribution in [0.4, 0.5) is 5.69 Å². The summed E-state index contributed by atoms with van der Waals surface area (Å²) in [7, 11) is 0. The lowest BCUT2D eigenvalue weighted by molar-refractivity contribution is 0.828. The summed E-state index contributed by atoms with van der Waals surface area (Å²) in [6.07, 6.45) is 1.74. The lowest BCUT2D eigenvalue weighted by Gasteiger charge is -2.23. The predicted octanol–water partition coefficient (Wildman–Crippen LogP) is 4.72. The van der Waals surface area contributed by atoms with E-state index in [1.54, 1.807) is 12.3 Å². The van der Waals surface area contributed by atoms with Gasteiger partial charge in [0.25, 0.3) is 0 Å². The van der Waals surface area contributed by atoms with Crippen LogP contribution < -0.4 is 4.90 Å². The van der Waals surface area contributed by atoms with Crippen LogP contribution in [0.3, 0.4) is 0 Å². The van der Waals surface area contributed by atoms with Crippen molar-refractivity contribution in [2.45, 2.75) is 20.4 Å². The molecule has 0 aliphatic rings. The van der Waals surface area contributed by atoms with E-state index in [0.29, 0.717) is 10.2 Å². The van der Waals surface area contributed by atoms with E-state index in [1.165, 1.54) is 11.3 Å². The van der Waals surface area contributed by atoms with Gasteiger partial charge in [-0.3, -0.25) is 0 Å². The fraction of sp³-hybridized carbons (Fsp3) is 0.267. The van der Waals surface area contributed by atoms with Crippen molar-refractivity contribution in [3.8, 4) is 0 Å². The first-order valence-corrected chi connectivity index (χ1v) is 6.97. The van der Waals surface area contributed by atoms with E-state index in [0.717, 1.165) is 18.7 Å². The van der Waals surface area contributed by atoms with Gasteiger partial charge in [-0.25, -0.2) is 4.98 Å². The Balaban J connectivity index is 2.21. The summed E-state index contributed by atoms with van der Waals surface area (Å²) in [5.74, 6) is 0. The number of rotatable bonds is 4. The zero-order chi connectivity index (χ0) is 13.8. The molecule has 0 aliphatic carbocycles. The molecule has 0 fully saturated rings. The van der Waals surface area contributed by atoms with Crippen LogP contribution in [0.2, 0.25) is 10.2 Å². The maximum Gasteiger partial charge on any atom is 0.130 e. The lowest BCUT2D eigenvalue weighted by atomic mass is 10.2. The largest absolute Gasteiger partial charge is 0.367 e. The van der Waals surface area contributed by atoms with Crippen molar-refractivity contribution in [3.63, 3.8) is 0 Å². The third-order valence-electron chi connectivity index (χ3n) is 3.04. The molecule has 1 aromatic heterocycles. The Bertz CT molecular complexity index is 553. The number of aryl methyl sites for hydroxylation is 1. The monoisotopic (exact) mass is 294 g/mol. The third-order valence-corrected chi connectivity index (χ3v) is 3.60. The summed E-state index contributed by atoms with van der Waals surface area (Å²) in [6.45, 7) is 5.84. The zero-order valence-electron chi connectivity index (χ0n) is 11.0. The van der Waals surface area contributed by atoms with Gasteiger partial charge in [0.1, 0.15) is 5.15 Å². The highest BCUT2D eigenvalue weighted by Gasteiger charge is 2.09. The normalized spacial score (nSPS) is 10.5. The summed E-state index contributed by atoms with van der Waals surface area (Å²) in [6, 6.07) is 10.1. The zero-order valence-corrected chi connectivity index (χ0v) is 12.5. The van der Waals surface area contributed by atoms with E-state index in [-0.39, 0.29) is 0 Å². The molecule has 0 saturated carbocycles. The van der Waals surface area contributed by atoms with E-state index in [1.807, 2.05) is 0 Å². The summed E-state index contributed by atoms with van der Waals surface area (Å²) in [4.78, 5) is 6.34. The highest BCUT2D eigenvalue weighted by molar-refractivity contribution is 6.34. The minimum absolute atomic E-state index is 0.423. The number of benzene rings is 1. The van der Waals surface area contributed by atoms with Crippen LogP contribution in [0.5, 0.6) is 0 Å². The minimum Gasteiger partial charge on any atom is -0.367 e. The number of nitrogens with zero attached hydrogens (tertiary/aromatic N) is 2. The summed E-state index contributed by atoms with van der Waals surface area (Å²) in [5.41, 5.74) is 3.42. The molecule has 0 unspecified atom stereocenters. The van der Waals surface area contributed by atoms with Gasteiger partial charge in [-0.15, -0.1) is 0 Å². The molecule has 19 heavy (non-hydrogen) atoms. The molecule has 0 bridgehead atoms. The Morgan fingerprint density at radius 1 is 1.16 bits per heavy atom. The molecule has 1 aromatic carbocycles. The minimum atomic E-state index is 0.423. The van der Waals surface area contributed by atoms with Gasteiger partial charge in [0.15, 0.2) is 0 Å². The summed E-state index contributed by atoms with van der Waals surface area (Å²) >= 11 is 12.0. The van der Waals surface area contributed by atoms with Crippen molar-refractivity contribution in [2.75, 3.05) is 11.4 Å². The summed E-state index contributed by atoms with van der Waals surface area (Å²) in [5, 5.41) is 1.08. The number of hydrogen-bond acceptors (Lipinski definition) is 2. The highest BCUT2D eigenvalue weighted by atomic mass is 35.5. The molecule has 0 radical (unpaired) electrons. The van der Waals surface area contributed by atoms with Crippen LogP contribution in [0.25, 0.3) is 0 Å². The predicted molar refractivity (Wildman–Crippen MR) is 82.2 cm³/mol. The first-order chi connectivity index (χ1) is 9.10. The van der Waals surface area contributed by atoms with Crippen molar-refractivity contribution in [1.29, 1.82) is 0 Å². The Hall–Kier alpha value is -1.25. The SMILES string of the molecule is CCN(Cc1cnc(Cl)cc1Cl)c1ccc(C)cc1. The Kier molecular flexibility index (Phi) is 4.67. The first-order valence-electron chi connectivity index (χ1n) is 6.21. The second-order valence-electron chi connectivity index (χ2n) is 4.45. The standard InChI is InChI=1S/C15H16Cl2N2/c1-3-19(13-6-4-11(2)5-7-13)10-12-9-18-15(17)8-14(12)16/h4-9H,3,10H2,1-2H3. The van der Waals surface area contributed by atoms with Crippen LogP contribution in [-0.4, -0.2) is 11.5 Å². The molecular formula is C15H16Cl2N2. The van der Waals surface area contributed by atoms with Gasteiger partial charge in [-0.05, 0) is 32.0 Å². The second-order valence-corrected chi connectivity index (χ2v) is 5.24. The number of hydrogen-bond donors (Lipinski definition) is 0. The molecule has 2 nitrogen and oxygen atoms in total. The van der Waals surface area contributed by atoms with E-state index < -0.39 is 0 Å². The average Bonchev–Trinajstić information content (AvgIpc) is 2.39. The Labute approximate surface area is 124 Å². The Morgan fingerprint density at radius 3 is 2.42 bits per heavy atom. The van der Waals surface area contributed by atoms with Gasteiger partial charge in [0.05, 0.1) is 5.02 Å². The van der Waals surface area contributed by atoms with E-state index in [2.05, 4.69) is 48.0 Å². The first kappa shape index (κ1) is 14.2.